The van der Waals surface area contributed by atoms with E-state index in [0.717, 1.165) is 6.07 Å². The van der Waals surface area contributed by atoms with Crippen molar-refractivity contribution in [3.8, 4) is 5.69 Å². The second kappa shape index (κ2) is 4.08. The summed E-state index contributed by atoms with van der Waals surface area (Å²) < 4.78 is 15.1. The molecule has 6 heteroatoms. The van der Waals surface area contributed by atoms with E-state index in [-0.39, 0.29) is 21.4 Å². The van der Waals surface area contributed by atoms with Crippen molar-refractivity contribution in [1.29, 1.82) is 0 Å². The van der Waals surface area contributed by atoms with Crippen LogP contribution in [0.2, 0.25) is 0 Å². The molecule has 0 radical (unpaired) electrons. The van der Waals surface area contributed by atoms with Gasteiger partial charge < -0.3 is 0 Å². The minimum Gasteiger partial charge on any atom is -0.285 e. The summed E-state index contributed by atoms with van der Waals surface area (Å²) in [6.45, 7) is 0. The Balaban J connectivity index is 2.19. The largest absolute Gasteiger partial charge is 0.285 e. The van der Waals surface area contributed by atoms with E-state index in [2.05, 4.69) is 20.9 Å². The van der Waals surface area contributed by atoms with Gasteiger partial charge in [-0.05, 0) is 40.2 Å². The highest BCUT2D eigenvalue weighted by atomic mass is 79.9. The van der Waals surface area contributed by atoms with Crippen LogP contribution in [0.15, 0.2) is 45.7 Å². The summed E-state index contributed by atoms with van der Waals surface area (Å²) in [5, 5.41) is 0.419. The molecule has 4 nitrogen and oxygen atoms in total. The van der Waals surface area contributed by atoms with Crippen molar-refractivity contribution in [2.75, 3.05) is 0 Å². The molecule has 0 amide bonds. The Bertz CT molecular complexity index is 1010. The summed E-state index contributed by atoms with van der Waals surface area (Å²) in [5.74, 6) is -0.974. The number of fused-ring (bicyclic) bond motifs is 4. The predicted molar refractivity (Wildman–Crippen MR) is 78.4 cm³/mol. The van der Waals surface area contributed by atoms with Gasteiger partial charge in [0.1, 0.15) is 5.82 Å². The van der Waals surface area contributed by atoms with Crippen molar-refractivity contribution < 1.29 is 9.18 Å². The first kappa shape index (κ1) is 12.4. The van der Waals surface area contributed by atoms with Gasteiger partial charge in [0, 0.05) is 0 Å². The molecular weight excluding hydrogens is 339 g/mol. The molecule has 21 heavy (non-hydrogen) atoms. The molecule has 0 bridgehead atoms. The Labute approximate surface area is 126 Å². The molecule has 2 heterocycles. The van der Waals surface area contributed by atoms with Gasteiger partial charge in [-0.2, -0.15) is 0 Å². The molecule has 0 fully saturated rings. The Hall–Kier alpha value is -2.34. The highest BCUT2D eigenvalue weighted by Gasteiger charge is 2.31. The summed E-state index contributed by atoms with van der Waals surface area (Å²) in [5.41, 5.74) is 0.623. The molecular formula is C15H6BrFN2O2. The molecule has 1 aliphatic heterocycles. The smallest absolute Gasteiger partial charge is 0.266 e. The highest BCUT2D eigenvalue weighted by molar-refractivity contribution is 9.10. The van der Waals surface area contributed by atoms with Gasteiger partial charge in [-0.3, -0.25) is 14.2 Å². The summed E-state index contributed by atoms with van der Waals surface area (Å²) in [6, 6.07) is 9.35. The van der Waals surface area contributed by atoms with Gasteiger partial charge in [-0.1, -0.05) is 12.1 Å². The van der Waals surface area contributed by atoms with E-state index in [1.165, 1.54) is 10.6 Å². The average Bonchev–Trinajstić information content (AvgIpc) is 2.74. The van der Waals surface area contributed by atoms with E-state index < -0.39 is 11.6 Å². The SMILES string of the molecule is O=C1c2cc(F)c(Br)cc2-n2c1nc1ccccc1c2=O. The first-order valence-corrected chi connectivity index (χ1v) is 6.93. The fraction of sp³-hybridized carbons (Fsp3) is 0. The van der Waals surface area contributed by atoms with Crippen molar-refractivity contribution in [2.24, 2.45) is 0 Å². The van der Waals surface area contributed by atoms with Gasteiger partial charge in [0.2, 0.25) is 5.78 Å². The number of benzene rings is 2. The number of ketones is 1. The third-order valence-corrected chi connectivity index (χ3v) is 4.11. The normalized spacial score (nSPS) is 12.6. The van der Waals surface area contributed by atoms with Crippen LogP contribution >= 0.6 is 15.9 Å². The Kier molecular flexibility index (Phi) is 2.41. The van der Waals surface area contributed by atoms with E-state index in [4.69, 9.17) is 0 Å². The van der Waals surface area contributed by atoms with Gasteiger partial charge >= 0.3 is 0 Å². The maximum absolute atomic E-state index is 13.6. The van der Waals surface area contributed by atoms with Crippen LogP contribution in [0.25, 0.3) is 16.6 Å². The maximum Gasteiger partial charge on any atom is 0.266 e. The number of carbonyl (C=O) groups excluding carboxylic acids is 1. The van der Waals surface area contributed by atoms with Crippen LogP contribution in [0.3, 0.4) is 0 Å². The monoisotopic (exact) mass is 344 g/mol. The topological polar surface area (TPSA) is 52.0 Å². The number of para-hydroxylation sites is 1. The Morgan fingerprint density at radius 1 is 1.14 bits per heavy atom. The summed E-state index contributed by atoms with van der Waals surface area (Å²) in [7, 11) is 0. The van der Waals surface area contributed by atoms with E-state index in [0.29, 0.717) is 16.6 Å². The Morgan fingerprint density at radius 2 is 1.90 bits per heavy atom. The van der Waals surface area contributed by atoms with E-state index in [1.807, 2.05) is 0 Å². The number of carbonyl (C=O) groups is 1. The lowest BCUT2D eigenvalue weighted by atomic mass is 10.1. The molecule has 0 saturated carbocycles. The van der Waals surface area contributed by atoms with E-state index >= 15 is 0 Å². The molecule has 0 unspecified atom stereocenters. The molecule has 1 aromatic heterocycles. The van der Waals surface area contributed by atoms with Crippen molar-refractivity contribution in [3.63, 3.8) is 0 Å². The zero-order chi connectivity index (χ0) is 14.7. The average molecular weight is 345 g/mol. The molecule has 3 aromatic rings. The Morgan fingerprint density at radius 3 is 2.71 bits per heavy atom. The van der Waals surface area contributed by atoms with Gasteiger partial charge in [-0.15, -0.1) is 0 Å². The molecule has 0 N–H and O–H groups in total. The molecule has 0 saturated heterocycles. The standard InChI is InChI=1S/C15H6BrFN2O2/c16-9-6-12-8(5-10(9)17)13(20)14-18-11-4-2-1-3-7(11)15(21)19(12)14/h1-6H. The zero-order valence-corrected chi connectivity index (χ0v) is 12.0. The number of hydrogen-bond acceptors (Lipinski definition) is 3. The van der Waals surface area contributed by atoms with Gasteiger partial charge in [-0.25, -0.2) is 9.37 Å². The molecule has 0 aliphatic carbocycles. The lowest BCUT2D eigenvalue weighted by Gasteiger charge is -2.05. The number of rotatable bonds is 0. The minimum atomic E-state index is -0.549. The molecule has 0 atom stereocenters. The molecule has 4 rings (SSSR count). The molecule has 1 aliphatic rings. The van der Waals surface area contributed by atoms with Crippen molar-refractivity contribution >= 4 is 32.6 Å². The lowest BCUT2D eigenvalue weighted by molar-refractivity contribution is 0.103. The maximum atomic E-state index is 13.6. The number of hydrogen-bond donors (Lipinski definition) is 0. The number of halogens is 2. The fourth-order valence-electron chi connectivity index (χ4n) is 2.53. The van der Waals surface area contributed by atoms with Crippen molar-refractivity contribution in [3.05, 3.63) is 68.4 Å². The molecule has 102 valence electrons. The summed E-state index contributed by atoms with van der Waals surface area (Å²) in [6.07, 6.45) is 0. The zero-order valence-electron chi connectivity index (χ0n) is 10.4. The second-order valence-electron chi connectivity index (χ2n) is 4.71. The van der Waals surface area contributed by atoms with Crippen LogP contribution in [0.1, 0.15) is 16.2 Å². The number of aromatic nitrogens is 2. The van der Waals surface area contributed by atoms with Gasteiger partial charge in [0.15, 0.2) is 5.82 Å². The van der Waals surface area contributed by atoms with Crippen LogP contribution in [-0.4, -0.2) is 15.3 Å². The lowest BCUT2D eigenvalue weighted by Crippen LogP contribution is -2.21. The molecule has 2 aromatic carbocycles. The fourth-order valence-corrected chi connectivity index (χ4v) is 2.86. The third kappa shape index (κ3) is 1.56. The van der Waals surface area contributed by atoms with Gasteiger partial charge in [0.25, 0.3) is 5.56 Å². The van der Waals surface area contributed by atoms with Crippen LogP contribution in [0.5, 0.6) is 0 Å². The summed E-state index contributed by atoms with van der Waals surface area (Å²) >= 11 is 3.07. The van der Waals surface area contributed by atoms with Crippen molar-refractivity contribution in [1.82, 2.24) is 9.55 Å². The predicted octanol–water partition coefficient (Wildman–Crippen LogP) is 2.83. The highest BCUT2D eigenvalue weighted by Crippen LogP contribution is 2.30. The number of nitrogens with zero attached hydrogens (tertiary/aromatic N) is 2. The second-order valence-corrected chi connectivity index (χ2v) is 5.56. The van der Waals surface area contributed by atoms with Crippen molar-refractivity contribution in [2.45, 2.75) is 0 Å². The van der Waals surface area contributed by atoms with E-state index in [9.17, 15) is 14.0 Å². The van der Waals surface area contributed by atoms with Gasteiger partial charge in [0.05, 0.1) is 26.6 Å². The quantitative estimate of drug-likeness (QED) is 0.493. The van der Waals surface area contributed by atoms with Crippen LogP contribution in [0, 0.1) is 5.82 Å². The van der Waals surface area contributed by atoms with E-state index in [1.54, 1.807) is 24.3 Å². The first-order valence-electron chi connectivity index (χ1n) is 6.14. The molecule has 0 spiro atoms. The first-order chi connectivity index (χ1) is 10.1. The van der Waals surface area contributed by atoms with Crippen LogP contribution < -0.4 is 5.56 Å². The van der Waals surface area contributed by atoms with Crippen LogP contribution in [0.4, 0.5) is 4.39 Å². The summed E-state index contributed by atoms with van der Waals surface area (Å²) in [4.78, 5) is 29.2. The third-order valence-electron chi connectivity index (χ3n) is 3.50. The minimum absolute atomic E-state index is 0.0196. The van der Waals surface area contributed by atoms with Crippen LogP contribution in [-0.2, 0) is 0 Å².